The Morgan fingerprint density at radius 3 is 2.48 bits per heavy atom. The predicted octanol–water partition coefficient (Wildman–Crippen LogP) is 3.00. The Hall–Kier alpha value is -2.89. The molecule has 1 heterocycles. The standard InChI is InChI=1S/C21H26N2O4/c1-14(2)13-27-20-12-22-17(10-19(20)25)11-23-21(26)9-8-18(24)16-6-4-15(3)5-7-16/h4-7,10,12,14H,8-9,11,13H2,1-3H3,(H,22,25)(H,23,26). The molecule has 0 fully saturated rings. The Labute approximate surface area is 159 Å². The summed E-state index contributed by atoms with van der Waals surface area (Å²) in [5, 5.41) is 2.71. The highest BCUT2D eigenvalue weighted by molar-refractivity contribution is 5.97. The summed E-state index contributed by atoms with van der Waals surface area (Å²) in [5.41, 5.74) is 2.04. The van der Waals surface area contributed by atoms with Crippen LogP contribution < -0.4 is 15.5 Å². The summed E-state index contributed by atoms with van der Waals surface area (Å²) in [5.74, 6) is 0.287. The van der Waals surface area contributed by atoms with Gasteiger partial charge in [-0.05, 0) is 12.8 Å². The van der Waals surface area contributed by atoms with Crippen molar-refractivity contribution in [1.82, 2.24) is 10.3 Å². The summed E-state index contributed by atoms with van der Waals surface area (Å²) in [6, 6.07) is 8.69. The monoisotopic (exact) mass is 370 g/mol. The molecule has 0 atom stereocenters. The molecule has 6 nitrogen and oxygen atoms in total. The number of carbonyl (C=O) groups excluding carboxylic acids is 2. The third-order valence-electron chi connectivity index (χ3n) is 3.94. The van der Waals surface area contributed by atoms with E-state index in [1.165, 1.54) is 12.3 Å². The molecule has 1 aromatic carbocycles. The van der Waals surface area contributed by atoms with Crippen molar-refractivity contribution in [3.63, 3.8) is 0 Å². The Morgan fingerprint density at radius 1 is 1.15 bits per heavy atom. The van der Waals surface area contributed by atoms with E-state index in [0.717, 1.165) is 5.56 Å². The largest absolute Gasteiger partial charge is 0.488 e. The van der Waals surface area contributed by atoms with E-state index in [1.807, 2.05) is 32.9 Å². The highest BCUT2D eigenvalue weighted by Gasteiger charge is 2.10. The fourth-order valence-electron chi connectivity index (χ4n) is 2.36. The van der Waals surface area contributed by atoms with Crippen LogP contribution in [0.15, 0.2) is 41.3 Å². The molecule has 0 unspecified atom stereocenters. The summed E-state index contributed by atoms with van der Waals surface area (Å²) in [7, 11) is 0. The van der Waals surface area contributed by atoms with E-state index < -0.39 is 0 Å². The van der Waals surface area contributed by atoms with Gasteiger partial charge in [0.15, 0.2) is 11.5 Å². The molecular weight excluding hydrogens is 344 g/mol. The second kappa shape index (κ2) is 9.71. The van der Waals surface area contributed by atoms with Crippen molar-refractivity contribution in [2.45, 2.75) is 40.2 Å². The van der Waals surface area contributed by atoms with E-state index in [4.69, 9.17) is 4.74 Å². The minimum atomic E-state index is -0.239. The maximum Gasteiger partial charge on any atom is 0.223 e. The molecule has 0 bridgehead atoms. The third kappa shape index (κ3) is 6.73. The number of hydrogen-bond donors (Lipinski definition) is 2. The Balaban J connectivity index is 1.79. The van der Waals surface area contributed by atoms with Gasteiger partial charge in [0.25, 0.3) is 0 Å². The Kier molecular flexibility index (Phi) is 7.34. The van der Waals surface area contributed by atoms with Crippen LogP contribution in [0.5, 0.6) is 5.75 Å². The van der Waals surface area contributed by atoms with Gasteiger partial charge in [0.1, 0.15) is 0 Å². The van der Waals surface area contributed by atoms with E-state index in [0.29, 0.717) is 23.8 Å². The van der Waals surface area contributed by atoms with Gasteiger partial charge in [-0.15, -0.1) is 0 Å². The molecule has 2 rings (SSSR count). The summed E-state index contributed by atoms with van der Waals surface area (Å²) in [4.78, 5) is 39.0. The van der Waals surface area contributed by atoms with Crippen molar-refractivity contribution in [1.29, 1.82) is 0 Å². The van der Waals surface area contributed by atoms with Crippen molar-refractivity contribution in [2.75, 3.05) is 6.61 Å². The zero-order valence-electron chi connectivity index (χ0n) is 16.0. The highest BCUT2D eigenvalue weighted by atomic mass is 16.5. The molecule has 0 aliphatic heterocycles. The van der Waals surface area contributed by atoms with E-state index in [9.17, 15) is 14.4 Å². The number of aromatic nitrogens is 1. The summed E-state index contributed by atoms with van der Waals surface area (Å²) < 4.78 is 5.42. The number of benzene rings is 1. The molecule has 1 amide bonds. The minimum Gasteiger partial charge on any atom is -0.488 e. The van der Waals surface area contributed by atoms with Crippen LogP contribution in [0.1, 0.15) is 48.3 Å². The van der Waals surface area contributed by atoms with Gasteiger partial charge < -0.3 is 15.0 Å². The zero-order chi connectivity index (χ0) is 19.8. The van der Waals surface area contributed by atoms with Gasteiger partial charge in [0.05, 0.1) is 13.2 Å². The lowest BCUT2D eigenvalue weighted by Crippen LogP contribution is -2.24. The zero-order valence-corrected chi connectivity index (χ0v) is 16.0. The Morgan fingerprint density at radius 2 is 1.85 bits per heavy atom. The third-order valence-corrected chi connectivity index (χ3v) is 3.94. The van der Waals surface area contributed by atoms with E-state index >= 15 is 0 Å². The normalized spacial score (nSPS) is 10.7. The quantitative estimate of drug-likeness (QED) is 0.664. The molecular formula is C21H26N2O4. The van der Waals surface area contributed by atoms with Crippen molar-refractivity contribution >= 4 is 11.7 Å². The van der Waals surface area contributed by atoms with Gasteiger partial charge in [-0.3, -0.25) is 14.4 Å². The molecule has 27 heavy (non-hydrogen) atoms. The van der Waals surface area contributed by atoms with Crippen molar-refractivity contribution in [2.24, 2.45) is 5.92 Å². The summed E-state index contributed by atoms with van der Waals surface area (Å²) >= 11 is 0. The number of H-pyrrole nitrogens is 1. The number of pyridine rings is 1. The molecule has 0 aliphatic carbocycles. The lowest BCUT2D eigenvalue weighted by atomic mass is 10.1. The number of nitrogens with one attached hydrogen (secondary N) is 2. The van der Waals surface area contributed by atoms with Crippen LogP contribution in [0.3, 0.4) is 0 Å². The van der Waals surface area contributed by atoms with Crippen LogP contribution in [0.4, 0.5) is 0 Å². The van der Waals surface area contributed by atoms with Gasteiger partial charge in [-0.2, -0.15) is 0 Å². The van der Waals surface area contributed by atoms with Crippen molar-refractivity contribution in [3.05, 3.63) is 63.6 Å². The first kappa shape index (κ1) is 20.4. The first-order chi connectivity index (χ1) is 12.8. The molecule has 2 N–H and O–H groups in total. The average molecular weight is 370 g/mol. The number of amides is 1. The van der Waals surface area contributed by atoms with Crippen LogP contribution in [-0.4, -0.2) is 23.3 Å². The number of Topliss-reactive ketones (excluding diaryl/α,β-unsaturated/α-hetero) is 1. The van der Waals surface area contributed by atoms with Crippen LogP contribution in [-0.2, 0) is 11.3 Å². The molecule has 144 valence electrons. The molecule has 2 aromatic rings. The predicted molar refractivity (Wildman–Crippen MR) is 104 cm³/mol. The summed E-state index contributed by atoms with van der Waals surface area (Å²) in [6.07, 6.45) is 1.76. The fraction of sp³-hybridized carbons (Fsp3) is 0.381. The topological polar surface area (TPSA) is 88.3 Å². The van der Waals surface area contributed by atoms with E-state index in [1.54, 1.807) is 12.1 Å². The van der Waals surface area contributed by atoms with Crippen molar-refractivity contribution < 1.29 is 14.3 Å². The maximum atomic E-state index is 12.1. The first-order valence-corrected chi connectivity index (χ1v) is 9.06. The van der Waals surface area contributed by atoms with E-state index in [-0.39, 0.29) is 42.3 Å². The van der Waals surface area contributed by atoms with Gasteiger partial charge in [-0.1, -0.05) is 43.7 Å². The second-order valence-electron chi connectivity index (χ2n) is 6.96. The molecule has 0 radical (unpaired) electrons. The van der Waals surface area contributed by atoms with Gasteiger partial charge >= 0.3 is 0 Å². The molecule has 1 aromatic heterocycles. The van der Waals surface area contributed by atoms with Crippen LogP contribution in [0.2, 0.25) is 0 Å². The SMILES string of the molecule is Cc1ccc(C(=O)CCC(=O)NCc2cc(=O)c(OCC(C)C)c[nH]2)cc1. The van der Waals surface area contributed by atoms with Crippen LogP contribution >= 0.6 is 0 Å². The van der Waals surface area contributed by atoms with Crippen LogP contribution in [0, 0.1) is 12.8 Å². The number of aromatic amines is 1. The number of aryl methyl sites for hydroxylation is 1. The number of ether oxygens (including phenoxy) is 1. The average Bonchev–Trinajstić information content (AvgIpc) is 2.64. The molecule has 0 saturated heterocycles. The molecule has 0 aliphatic rings. The van der Waals surface area contributed by atoms with Gasteiger partial charge in [0.2, 0.25) is 11.3 Å². The lowest BCUT2D eigenvalue weighted by molar-refractivity contribution is -0.121. The fourth-order valence-corrected chi connectivity index (χ4v) is 2.36. The number of hydrogen-bond acceptors (Lipinski definition) is 4. The maximum absolute atomic E-state index is 12.1. The molecule has 6 heteroatoms. The van der Waals surface area contributed by atoms with Crippen LogP contribution in [0.25, 0.3) is 0 Å². The number of carbonyl (C=O) groups is 2. The first-order valence-electron chi connectivity index (χ1n) is 9.06. The second-order valence-corrected chi connectivity index (χ2v) is 6.96. The van der Waals surface area contributed by atoms with Crippen molar-refractivity contribution in [3.8, 4) is 5.75 Å². The highest BCUT2D eigenvalue weighted by Crippen LogP contribution is 2.08. The number of rotatable bonds is 9. The smallest absolute Gasteiger partial charge is 0.223 e. The van der Waals surface area contributed by atoms with E-state index in [2.05, 4.69) is 10.3 Å². The summed E-state index contributed by atoms with van der Waals surface area (Å²) in [6.45, 7) is 6.61. The van der Waals surface area contributed by atoms with Gasteiger partial charge in [0, 0.05) is 36.4 Å². The molecule has 0 saturated carbocycles. The van der Waals surface area contributed by atoms with Gasteiger partial charge in [-0.25, -0.2) is 0 Å². The minimum absolute atomic E-state index is 0.0646. The Bertz CT molecular complexity index is 838. The lowest BCUT2D eigenvalue weighted by Gasteiger charge is -2.09. The number of ketones is 1. The molecule has 0 spiro atoms.